The summed E-state index contributed by atoms with van der Waals surface area (Å²) in [4.78, 5) is 3.97. The third kappa shape index (κ3) is 3.26. The zero-order valence-electron chi connectivity index (χ0n) is 14.5. The van der Waals surface area contributed by atoms with E-state index < -0.39 is 0 Å². The van der Waals surface area contributed by atoms with Crippen LogP contribution < -0.4 is 0 Å². The van der Waals surface area contributed by atoms with Crippen LogP contribution in [0.4, 0.5) is 0 Å². The smallest absolute Gasteiger partial charge is 0.174 e. The quantitative estimate of drug-likeness (QED) is 0.838. The van der Waals surface area contributed by atoms with Gasteiger partial charge in [0, 0.05) is 11.4 Å². The highest BCUT2D eigenvalue weighted by molar-refractivity contribution is 7.10. The molecule has 1 aliphatic heterocycles. The number of hydrogen-bond donors (Lipinski definition) is 0. The standard InChI is InChI=1S/C18H27N5S/c1-14-7-5-11-22(13-14)17(16-10-6-12-24-16)18-19-20-21-23(18)15-8-3-2-4-9-15/h6,10,12,14-15,17H,2-5,7-9,11,13H2,1H3/t14-,17+/m1/s1. The molecule has 2 aliphatic rings. The lowest BCUT2D eigenvalue weighted by atomic mass is 9.95. The Morgan fingerprint density at radius 3 is 2.79 bits per heavy atom. The van der Waals surface area contributed by atoms with Gasteiger partial charge in [0.05, 0.1) is 6.04 Å². The second kappa shape index (κ2) is 7.31. The van der Waals surface area contributed by atoms with Crippen molar-refractivity contribution in [2.75, 3.05) is 13.1 Å². The lowest BCUT2D eigenvalue weighted by Gasteiger charge is -2.36. The number of piperidine rings is 1. The molecular formula is C18H27N5S. The average molecular weight is 346 g/mol. The van der Waals surface area contributed by atoms with Gasteiger partial charge < -0.3 is 0 Å². The van der Waals surface area contributed by atoms with Crippen LogP contribution in [0, 0.1) is 5.92 Å². The molecule has 4 rings (SSSR count). The van der Waals surface area contributed by atoms with E-state index in [1.54, 1.807) is 0 Å². The zero-order valence-corrected chi connectivity index (χ0v) is 15.3. The van der Waals surface area contributed by atoms with Crippen molar-refractivity contribution in [3.63, 3.8) is 0 Å². The number of nitrogens with zero attached hydrogens (tertiary/aromatic N) is 5. The first-order valence-corrected chi connectivity index (χ1v) is 10.3. The minimum absolute atomic E-state index is 0.213. The molecule has 2 aromatic rings. The predicted octanol–water partition coefficient (Wildman–Crippen LogP) is 4.06. The maximum absolute atomic E-state index is 4.51. The molecule has 6 heteroatoms. The van der Waals surface area contributed by atoms with E-state index in [0.29, 0.717) is 6.04 Å². The molecule has 0 unspecified atom stereocenters. The summed E-state index contributed by atoms with van der Waals surface area (Å²) in [7, 11) is 0. The Morgan fingerprint density at radius 1 is 1.17 bits per heavy atom. The molecule has 1 saturated heterocycles. The predicted molar refractivity (Wildman–Crippen MR) is 96.1 cm³/mol. The normalized spacial score (nSPS) is 25.0. The molecule has 2 fully saturated rings. The van der Waals surface area contributed by atoms with E-state index >= 15 is 0 Å². The zero-order chi connectivity index (χ0) is 16.4. The average Bonchev–Trinajstić information content (AvgIpc) is 3.29. The first kappa shape index (κ1) is 16.2. The molecule has 0 N–H and O–H groups in total. The third-order valence-corrected chi connectivity index (χ3v) is 6.47. The summed E-state index contributed by atoms with van der Waals surface area (Å²) in [6.07, 6.45) is 8.99. The van der Waals surface area contributed by atoms with Gasteiger partial charge in [-0.25, -0.2) is 4.68 Å². The molecule has 2 aromatic heterocycles. The lowest BCUT2D eigenvalue weighted by Crippen LogP contribution is -2.39. The number of likely N-dealkylation sites (tertiary alicyclic amines) is 1. The van der Waals surface area contributed by atoms with Crippen molar-refractivity contribution < 1.29 is 0 Å². The minimum atomic E-state index is 0.213. The van der Waals surface area contributed by atoms with Crippen molar-refractivity contribution in [3.8, 4) is 0 Å². The Labute approximate surface area is 148 Å². The molecule has 2 atom stereocenters. The molecule has 0 radical (unpaired) electrons. The van der Waals surface area contributed by atoms with Gasteiger partial charge in [-0.1, -0.05) is 32.3 Å². The van der Waals surface area contributed by atoms with Gasteiger partial charge in [0.2, 0.25) is 0 Å². The molecule has 0 aromatic carbocycles. The number of rotatable bonds is 4. The van der Waals surface area contributed by atoms with Crippen LogP contribution in [0.5, 0.6) is 0 Å². The Bertz CT molecular complexity index is 632. The topological polar surface area (TPSA) is 46.8 Å². The molecule has 0 spiro atoms. The molecule has 1 saturated carbocycles. The highest BCUT2D eigenvalue weighted by Gasteiger charge is 2.33. The molecule has 0 amide bonds. The second-order valence-electron chi connectivity index (χ2n) is 7.43. The van der Waals surface area contributed by atoms with Crippen molar-refractivity contribution in [3.05, 3.63) is 28.2 Å². The Balaban J connectivity index is 1.68. The van der Waals surface area contributed by atoms with Gasteiger partial charge in [0.15, 0.2) is 5.82 Å². The van der Waals surface area contributed by atoms with Crippen LogP contribution in [0.25, 0.3) is 0 Å². The summed E-state index contributed by atoms with van der Waals surface area (Å²) in [5.41, 5.74) is 0. The first-order valence-electron chi connectivity index (χ1n) is 9.38. The minimum Gasteiger partial charge on any atom is -0.289 e. The van der Waals surface area contributed by atoms with Crippen LogP contribution in [0.15, 0.2) is 17.5 Å². The molecule has 3 heterocycles. The van der Waals surface area contributed by atoms with Gasteiger partial charge in [-0.15, -0.1) is 16.4 Å². The van der Waals surface area contributed by atoms with E-state index in [0.717, 1.165) is 24.8 Å². The monoisotopic (exact) mass is 345 g/mol. The Kier molecular flexibility index (Phi) is 4.94. The van der Waals surface area contributed by atoms with Crippen LogP contribution in [-0.4, -0.2) is 38.2 Å². The van der Waals surface area contributed by atoms with Gasteiger partial charge in [-0.2, -0.15) is 0 Å². The van der Waals surface area contributed by atoms with Gasteiger partial charge in [-0.05, 0) is 60.0 Å². The van der Waals surface area contributed by atoms with Crippen molar-refractivity contribution in [2.45, 2.75) is 64.0 Å². The van der Waals surface area contributed by atoms with Crippen LogP contribution >= 0.6 is 11.3 Å². The molecule has 0 bridgehead atoms. The van der Waals surface area contributed by atoms with Crippen LogP contribution in [-0.2, 0) is 0 Å². The summed E-state index contributed by atoms with van der Waals surface area (Å²) in [6.45, 7) is 4.65. The number of thiophene rings is 1. The molecule has 24 heavy (non-hydrogen) atoms. The van der Waals surface area contributed by atoms with Gasteiger partial charge in [-0.3, -0.25) is 4.90 Å². The van der Waals surface area contributed by atoms with Crippen LogP contribution in [0.3, 0.4) is 0 Å². The van der Waals surface area contributed by atoms with Gasteiger partial charge in [0.25, 0.3) is 0 Å². The van der Waals surface area contributed by atoms with Gasteiger partial charge in [0.1, 0.15) is 6.04 Å². The molecule has 5 nitrogen and oxygen atoms in total. The Hall–Kier alpha value is -1.27. The summed E-state index contributed by atoms with van der Waals surface area (Å²) in [5, 5.41) is 15.2. The largest absolute Gasteiger partial charge is 0.289 e. The lowest BCUT2D eigenvalue weighted by molar-refractivity contribution is 0.140. The SMILES string of the molecule is C[C@@H]1CCCN([C@@H](c2cccs2)c2nnnn2C2CCCCC2)C1. The van der Waals surface area contributed by atoms with E-state index in [4.69, 9.17) is 0 Å². The van der Waals surface area contributed by atoms with Crippen LogP contribution in [0.1, 0.15) is 74.7 Å². The van der Waals surface area contributed by atoms with Crippen molar-refractivity contribution in [1.29, 1.82) is 0 Å². The van der Waals surface area contributed by atoms with Crippen molar-refractivity contribution in [1.82, 2.24) is 25.1 Å². The van der Waals surface area contributed by atoms with Gasteiger partial charge >= 0.3 is 0 Å². The fraction of sp³-hybridized carbons (Fsp3) is 0.722. The Morgan fingerprint density at radius 2 is 2.04 bits per heavy atom. The third-order valence-electron chi connectivity index (χ3n) is 5.55. The van der Waals surface area contributed by atoms with E-state index in [2.05, 4.69) is 49.5 Å². The number of aromatic nitrogens is 4. The van der Waals surface area contributed by atoms with Crippen molar-refractivity contribution >= 4 is 11.3 Å². The van der Waals surface area contributed by atoms with E-state index in [1.807, 2.05) is 11.3 Å². The van der Waals surface area contributed by atoms with Crippen molar-refractivity contribution in [2.24, 2.45) is 5.92 Å². The van der Waals surface area contributed by atoms with E-state index in [1.165, 1.54) is 49.8 Å². The highest BCUT2D eigenvalue weighted by atomic mass is 32.1. The van der Waals surface area contributed by atoms with Crippen LogP contribution in [0.2, 0.25) is 0 Å². The molecule has 1 aliphatic carbocycles. The van der Waals surface area contributed by atoms with E-state index in [-0.39, 0.29) is 6.04 Å². The maximum atomic E-state index is 4.51. The van der Waals surface area contributed by atoms with E-state index in [9.17, 15) is 0 Å². The second-order valence-corrected chi connectivity index (χ2v) is 8.41. The number of tetrazole rings is 1. The summed E-state index contributed by atoms with van der Waals surface area (Å²) < 4.78 is 2.16. The highest BCUT2D eigenvalue weighted by Crippen LogP contribution is 2.36. The summed E-state index contributed by atoms with van der Waals surface area (Å²) in [6, 6.07) is 5.09. The fourth-order valence-electron chi connectivity index (χ4n) is 4.34. The maximum Gasteiger partial charge on any atom is 0.174 e. The molecule has 130 valence electrons. The summed E-state index contributed by atoms with van der Waals surface area (Å²) in [5.74, 6) is 1.80. The number of hydrogen-bond acceptors (Lipinski definition) is 5. The molecular weight excluding hydrogens is 318 g/mol. The first-order chi connectivity index (χ1) is 11.8. The fourth-order valence-corrected chi connectivity index (χ4v) is 5.20. The summed E-state index contributed by atoms with van der Waals surface area (Å²) >= 11 is 1.83.